The molecule has 13 nitrogen and oxygen atoms in total. The lowest BCUT2D eigenvalue weighted by atomic mass is 10.1. The number of amides is 1. The first-order valence-corrected chi connectivity index (χ1v) is 18.3. The fraction of sp³-hybridized carbons (Fsp3) is 0.459. The molecule has 0 radical (unpaired) electrons. The third-order valence-corrected chi connectivity index (χ3v) is 9.86. The van der Waals surface area contributed by atoms with Crippen LogP contribution in [0.15, 0.2) is 47.6 Å². The zero-order valence-corrected chi connectivity index (χ0v) is 31.4. The second-order valence-electron chi connectivity index (χ2n) is 13.7. The molecule has 1 aromatic carbocycles. The van der Waals surface area contributed by atoms with Crippen LogP contribution in [-0.4, -0.2) is 100 Å². The fourth-order valence-corrected chi connectivity index (χ4v) is 7.14. The van der Waals surface area contributed by atoms with E-state index in [4.69, 9.17) is 26.9 Å². The average Bonchev–Trinajstić information content (AvgIpc) is 3.97. The number of nitrogens with one attached hydrogen (secondary N) is 1. The van der Waals surface area contributed by atoms with Gasteiger partial charge in [-0.2, -0.15) is 15.1 Å². The van der Waals surface area contributed by atoms with Crippen molar-refractivity contribution in [2.45, 2.75) is 64.4 Å². The number of hydrogen-bond acceptors (Lipinski definition) is 12. The maximum Gasteiger partial charge on any atom is 0.318 e. The Hall–Kier alpha value is -4.80. The lowest BCUT2D eigenvalue weighted by Gasteiger charge is -2.13. The molecule has 288 valence electrons. The van der Waals surface area contributed by atoms with Crippen LogP contribution in [-0.2, 0) is 9.63 Å². The number of carbonyl (C=O) groups excluding carboxylic acids is 1. The summed E-state index contributed by atoms with van der Waals surface area (Å²) in [6.45, 7) is 7.67. The van der Waals surface area contributed by atoms with Gasteiger partial charge >= 0.3 is 6.01 Å². The largest absolute Gasteiger partial charge is 0.467 e. The summed E-state index contributed by atoms with van der Waals surface area (Å²) in [6.07, 6.45) is 9.18. The predicted octanol–water partition coefficient (Wildman–Crippen LogP) is 6.22. The summed E-state index contributed by atoms with van der Waals surface area (Å²) in [7, 11) is 2.43. The Bertz CT molecular complexity index is 2030. The van der Waals surface area contributed by atoms with Gasteiger partial charge in [-0.05, 0) is 62.2 Å². The zero-order valence-electron chi connectivity index (χ0n) is 30.6. The number of rotatable bonds is 6. The van der Waals surface area contributed by atoms with E-state index in [2.05, 4.69) is 35.3 Å². The Morgan fingerprint density at radius 1 is 1.17 bits per heavy atom. The van der Waals surface area contributed by atoms with Gasteiger partial charge in [0.1, 0.15) is 34.7 Å². The maximum atomic E-state index is 15.4. The molecule has 3 aromatic heterocycles. The number of nitrogens with zero attached hydrogens (tertiary/aromatic N) is 8. The molecule has 0 spiro atoms. The Balaban J connectivity index is 0.000000160. The van der Waals surface area contributed by atoms with Gasteiger partial charge in [-0.1, -0.05) is 42.1 Å². The molecule has 3 fully saturated rings. The number of methoxy groups -OCH3 is 1. The van der Waals surface area contributed by atoms with E-state index in [1.165, 1.54) is 26.1 Å². The number of aliphatic imine (C=N–C) groups is 1. The Morgan fingerprint density at radius 2 is 1.94 bits per heavy atom. The lowest BCUT2D eigenvalue weighted by Crippen LogP contribution is -2.26. The van der Waals surface area contributed by atoms with E-state index in [0.717, 1.165) is 51.8 Å². The minimum absolute atomic E-state index is 0.0549. The number of aromatic nitrogens is 4. The Labute approximate surface area is 316 Å². The molecule has 0 bridgehead atoms. The number of hydrogen-bond donors (Lipinski definition) is 2. The number of amidine groups is 1. The third kappa shape index (κ3) is 8.77. The lowest BCUT2D eigenvalue weighted by molar-refractivity contribution is -0.125. The zero-order chi connectivity index (χ0) is 38.5. The molecule has 0 saturated carbocycles. The van der Waals surface area contributed by atoms with Gasteiger partial charge in [0, 0.05) is 56.3 Å². The number of carbonyl (C=O) groups is 1. The van der Waals surface area contributed by atoms with Crippen molar-refractivity contribution < 1.29 is 27.6 Å². The van der Waals surface area contributed by atoms with Crippen molar-refractivity contribution >= 4 is 56.7 Å². The van der Waals surface area contributed by atoms with Crippen LogP contribution in [0, 0.1) is 11.7 Å². The monoisotopic (exact) mass is 768 g/mol. The van der Waals surface area contributed by atoms with E-state index < -0.39 is 12.0 Å². The fourth-order valence-electron chi connectivity index (χ4n) is 6.87. The van der Waals surface area contributed by atoms with Crippen LogP contribution in [0.4, 0.5) is 24.9 Å². The molecule has 3 N–H and O–H groups in total. The van der Waals surface area contributed by atoms with Crippen LogP contribution in [0.2, 0.25) is 5.02 Å². The van der Waals surface area contributed by atoms with Gasteiger partial charge < -0.3 is 15.4 Å². The van der Waals surface area contributed by atoms with E-state index in [1.54, 1.807) is 36.4 Å². The summed E-state index contributed by atoms with van der Waals surface area (Å²) in [5.74, 6) is 0.370. The van der Waals surface area contributed by atoms with Gasteiger partial charge in [0.25, 0.3) is 0 Å². The molecule has 3 saturated heterocycles. The normalized spacial score (nSPS) is 20.8. The van der Waals surface area contributed by atoms with E-state index in [1.807, 2.05) is 18.7 Å². The number of benzene rings is 1. The van der Waals surface area contributed by atoms with Crippen LogP contribution in [0.5, 0.6) is 6.01 Å². The number of nitrogens with two attached hydrogens (primary N) is 1. The number of nitrogen functional groups attached to an aromatic ring is 1. The highest BCUT2D eigenvalue weighted by Gasteiger charge is 2.34. The first kappa shape index (κ1) is 38.9. The molecule has 4 aliphatic rings. The van der Waals surface area contributed by atoms with Crippen molar-refractivity contribution in [1.29, 1.82) is 0 Å². The number of alkyl halides is 1. The van der Waals surface area contributed by atoms with Gasteiger partial charge in [0.2, 0.25) is 5.91 Å². The first-order chi connectivity index (χ1) is 25.9. The number of fused-ring (bicyclic) bond motifs is 3. The molecule has 1 amide bonds. The molecule has 4 aromatic rings. The van der Waals surface area contributed by atoms with Crippen molar-refractivity contribution in [3.8, 4) is 17.4 Å². The number of hydroxylamine groups is 1. The molecule has 7 heterocycles. The quantitative estimate of drug-likeness (QED) is 0.170. The molecular weight excluding hydrogens is 725 g/mol. The van der Waals surface area contributed by atoms with E-state index in [0.29, 0.717) is 34.3 Å². The molecule has 3 atom stereocenters. The van der Waals surface area contributed by atoms with Crippen LogP contribution in [0.1, 0.15) is 46.0 Å². The van der Waals surface area contributed by atoms with E-state index in [-0.39, 0.29) is 57.2 Å². The third-order valence-electron chi connectivity index (χ3n) is 9.55. The molecule has 8 rings (SSSR count). The van der Waals surface area contributed by atoms with Crippen LogP contribution in [0.3, 0.4) is 0 Å². The molecule has 17 heteroatoms. The van der Waals surface area contributed by atoms with Gasteiger partial charge in [-0.25, -0.2) is 23.6 Å². The van der Waals surface area contributed by atoms with Crippen molar-refractivity contribution in [3.05, 3.63) is 53.5 Å². The second kappa shape index (κ2) is 17.1. The summed E-state index contributed by atoms with van der Waals surface area (Å²) < 4.78 is 46.8. The highest BCUT2D eigenvalue weighted by molar-refractivity contribution is 6.36. The van der Waals surface area contributed by atoms with Gasteiger partial charge in [0.15, 0.2) is 17.9 Å². The number of pyridine rings is 2. The Kier molecular flexibility index (Phi) is 12.3. The van der Waals surface area contributed by atoms with E-state index >= 15 is 4.39 Å². The van der Waals surface area contributed by atoms with Gasteiger partial charge in [-0.15, -0.1) is 0 Å². The number of halogens is 4. The highest BCUT2D eigenvalue weighted by Crippen LogP contribution is 2.37. The first-order valence-electron chi connectivity index (χ1n) is 17.9. The smallest absolute Gasteiger partial charge is 0.318 e. The topological polar surface area (TPSA) is 147 Å². The number of likely N-dealkylation sites (tertiary alicyclic amines) is 1. The van der Waals surface area contributed by atoms with Crippen LogP contribution in [0.25, 0.3) is 33.1 Å². The minimum Gasteiger partial charge on any atom is -0.467 e. The summed E-state index contributed by atoms with van der Waals surface area (Å²) in [5.41, 5.74) is 8.53. The van der Waals surface area contributed by atoms with E-state index in [9.17, 15) is 13.7 Å². The molecule has 4 aliphatic heterocycles. The van der Waals surface area contributed by atoms with Gasteiger partial charge in [-0.3, -0.25) is 20.2 Å². The van der Waals surface area contributed by atoms with Crippen LogP contribution < -0.4 is 21.1 Å². The summed E-state index contributed by atoms with van der Waals surface area (Å²) in [4.78, 5) is 41.7. The number of anilines is 2. The maximum absolute atomic E-state index is 15.4. The molecule has 0 aliphatic carbocycles. The number of ether oxygens (including phenoxy) is 1. The summed E-state index contributed by atoms with van der Waals surface area (Å²) >= 11 is 6.32. The van der Waals surface area contributed by atoms with Crippen molar-refractivity contribution in [2.24, 2.45) is 10.9 Å². The van der Waals surface area contributed by atoms with Crippen LogP contribution >= 0.6 is 11.6 Å². The molecule has 3 unspecified atom stereocenters. The van der Waals surface area contributed by atoms with Crippen molar-refractivity contribution in [2.75, 3.05) is 51.2 Å². The standard InChI is InChI=1S/C18H13ClF2N6O.C12H19N3O2.C7H12FN/c1-27(21)17-9-7-23-16(13(20)14(9)25-18(26-17)28-2)15-12-8(6-11(22)24-15)4-3-5-10(12)19;1-9(2)12-13-10(17-14-12)5-6-11(16)15-7-3-4-8-15;8-6-4-7-2-1-3-9(7)5-6/h3-7H,1-2H3,(H2,22,24);5-6,9-10H,3-4,7-8H2,1-2H3,(H,13,14);6-7H,1-5H2/b;6-5+;. The van der Waals surface area contributed by atoms with Crippen molar-refractivity contribution in [1.82, 2.24) is 35.2 Å². The van der Waals surface area contributed by atoms with Gasteiger partial charge in [0.05, 0.1) is 17.5 Å². The average molecular weight is 769 g/mol. The predicted molar refractivity (Wildman–Crippen MR) is 203 cm³/mol. The second-order valence-corrected chi connectivity index (χ2v) is 14.1. The minimum atomic E-state index is -0.819. The highest BCUT2D eigenvalue weighted by atomic mass is 35.5. The molecule has 54 heavy (non-hydrogen) atoms. The SMILES string of the molecule is CC(C)C1=NC(/C=C/C(=O)N2CCCC2)ON1.COc1nc(N(C)F)c2cnc(-c3nc(N)cc4cccc(Cl)c34)c(F)c2n1.FC1CC2CCCN2C1. The summed E-state index contributed by atoms with van der Waals surface area (Å²) in [6, 6.07) is 7.24. The summed E-state index contributed by atoms with van der Waals surface area (Å²) in [5, 5.41) is 1.85. The Morgan fingerprint density at radius 3 is 2.63 bits per heavy atom. The molecular formula is C37H44ClF3N10O3. The van der Waals surface area contributed by atoms with Crippen molar-refractivity contribution in [3.63, 3.8) is 0 Å².